The molecule has 0 aromatic carbocycles. The molecule has 0 amide bonds. The summed E-state index contributed by atoms with van der Waals surface area (Å²) >= 11 is 0. The minimum Gasteiger partial charge on any atom is -0.244 e. The van der Waals surface area contributed by atoms with Crippen LogP contribution in [0.1, 0.15) is 20.8 Å². The third-order valence-electron chi connectivity index (χ3n) is 1.53. The van der Waals surface area contributed by atoms with Crippen LogP contribution in [0.25, 0.3) is 0 Å². The maximum Gasteiger partial charge on any atom is 0.244 e. The second kappa shape index (κ2) is 2.58. The molecule has 1 aromatic heterocycles. The zero-order valence-corrected chi connectivity index (χ0v) is 8.17. The number of hydrogen-bond acceptors (Lipinski definition) is 3. The molecule has 1 heterocycles. The van der Waals surface area contributed by atoms with Gasteiger partial charge in [0.25, 0.3) is 0 Å². The van der Waals surface area contributed by atoms with Crippen molar-refractivity contribution in [3.05, 3.63) is 18.7 Å². The molecule has 0 aliphatic rings. The summed E-state index contributed by atoms with van der Waals surface area (Å²) in [6.45, 7) is 4.97. The minimum atomic E-state index is -3.28. The third-order valence-corrected chi connectivity index (χ3v) is 3.85. The molecule has 0 aliphatic heterocycles. The SMILES string of the molecule is CC(C)(C)S(=O)(=O)n1ccnc1. The van der Waals surface area contributed by atoms with Crippen molar-refractivity contribution in [1.29, 1.82) is 0 Å². The summed E-state index contributed by atoms with van der Waals surface area (Å²) in [5.41, 5.74) is 0. The Balaban J connectivity index is 3.22. The van der Waals surface area contributed by atoms with Gasteiger partial charge in [0.15, 0.2) is 0 Å². The zero-order chi connectivity index (χ0) is 9.41. The Morgan fingerprint density at radius 3 is 2.25 bits per heavy atom. The van der Waals surface area contributed by atoms with E-state index in [-0.39, 0.29) is 0 Å². The molecule has 0 N–H and O–H groups in total. The molecular formula is C7H12N2O2S. The van der Waals surface area contributed by atoms with E-state index in [2.05, 4.69) is 4.98 Å². The van der Waals surface area contributed by atoms with E-state index >= 15 is 0 Å². The molecular weight excluding hydrogens is 176 g/mol. The van der Waals surface area contributed by atoms with Crippen LogP contribution in [0.5, 0.6) is 0 Å². The van der Waals surface area contributed by atoms with E-state index in [1.165, 1.54) is 18.7 Å². The number of aromatic nitrogens is 2. The highest BCUT2D eigenvalue weighted by molar-refractivity contribution is 7.91. The van der Waals surface area contributed by atoms with Crippen LogP contribution < -0.4 is 0 Å². The molecule has 0 atom stereocenters. The number of rotatable bonds is 1. The van der Waals surface area contributed by atoms with Gasteiger partial charge in [-0.3, -0.25) is 0 Å². The number of imidazole rings is 1. The molecule has 0 bridgehead atoms. The minimum absolute atomic E-state index is 0.784. The first-order valence-corrected chi connectivity index (χ1v) is 5.03. The van der Waals surface area contributed by atoms with Crippen molar-refractivity contribution < 1.29 is 8.42 Å². The lowest BCUT2D eigenvalue weighted by Crippen LogP contribution is -2.32. The Kier molecular flexibility index (Phi) is 1.99. The molecule has 0 saturated carbocycles. The first-order chi connectivity index (χ1) is 5.36. The van der Waals surface area contributed by atoms with Gasteiger partial charge >= 0.3 is 0 Å². The van der Waals surface area contributed by atoms with Gasteiger partial charge in [-0.05, 0) is 20.8 Å². The van der Waals surface area contributed by atoms with Crippen LogP contribution in [-0.4, -0.2) is 22.1 Å². The first kappa shape index (κ1) is 9.25. The van der Waals surface area contributed by atoms with Gasteiger partial charge in [-0.25, -0.2) is 17.4 Å². The molecule has 0 aliphatic carbocycles. The van der Waals surface area contributed by atoms with E-state index in [0.717, 1.165) is 3.97 Å². The molecule has 0 radical (unpaired) electrons. The molecule has 1 aromatic rings. The highest BCUT2D eigenvalue weighted by Gasteiger charge is 2.30. The summed E-state index contributed by atoms with van der Waals surface area (Å²) in [5, 5.41) is 0. The van der Waals surface area contributed by atoms with Crippen molar-refractivity contribution in [2.24, 2.45) is 0 Å². The second-order valence-corrected chi connectivity index (χ2v) is 6.11. The molecule has 0 spiro atoms. The zero-order valence-electron chi connectivity index (χ0n) is 7.35. The Morgan fingerprint density at radius 1 is 1.33 bits per heavy atom. The number of nitrogens with zero attached hydrogens (tertiary/aromatic N) is 2. The summed E-state index contributed by atoms with van der Waals surface area (Å²) < 4.78 is 23.6. The lowest BCUT2D eigenvalue weighted by molar-refractivity contribution is 0.550. The van der Waals surface area contributed by atoms with Gasteiger partial charge in [0.05, 0.1) is 4.75 Å². The maximum atomic E-state index is 11.6. The van der Waals surface area contributed by atoms with Gasteiger partial charge < -0.3 is 0 Å². The van der Waals surface area contributed by atoms with Crippen LogP contribution in [0, 0.1) is 0 Å². The molecule has 0 fully saturated rings. The summed E-state index contributed by atoms with van der Waals surface area (Å²) in [6.07, 6.45) is 4.17. The van der Waals surface area contributed by atoms with Gasteiger partial charge in [0, 0.05) is 12.4 Å². The predicted molar refractivity (Wildman–Crippen MR) is 46.3 cm³/mol. The van der Waals surface area contributed by atoms with E-state index in [1.54, 1.807) is 20.8 Å². The highest BCUT2D eigenvalue weighted by atomic mass is 32.2. The van der Waals surface area contributed by atoms with E-state index < -0.39 is 14.8 Å². The summed E-state index contributed by atoms with van der Waals surface area (Å²) in [7, 11) is -3.28. The normalized spacial score (nSPS) is 13.2. The monoisotopic (exact) mass is 188 g/mol. The largest absolute Gasteiger partial charge is 0.244 e. The van der Waals surface area contributed by atoms with Gasteiger partial charge in [-0.2, -0.15) is 0 Å². The standard InChI is InChI=1S/C7H12N2O2S/c1-7(2,3)12(10,11)9-5-4-8-6-9/h4-6H,1-3H3. The van der Waals surface area contributed by atoms with Crippen molar-refractivity contribution >= 4 is 10.0 Å². The van der Waals surface area contributed by atoms with E-state index in [9.17, 15) is 8.42 Å². The van der Waals surface area contributed by atoms with Crippen LogP contribution in [0.4, 0.5) is 0 Å². The van der Waals surface area contributed by atoms with Gasteiger partial charge in [0.2, 0.25) is 10.0 Å². The van der Waals surface area contributed by atoms with Crippen LogP contribution in [0.3, 0.4) is 0 Å². The quantitative estimate of drug-likeness (QED) is 0.656. The van der Waals surface area contributed by atoms with Crippen molar-refractivity contribution in [1.82, 2.24) is 8.96 Å². The van der Waals surface area contributed by atoms with Crippen LogP contribution in [0.15, 0.2) is 18.7 Å². The first-order valence-electron chi connectivity index (χ1n) is 3.59. The lowest BCUT2D eigenvalue weighted by atomic mass is 10.3. The van der Waals surface area contributed by atoms with Crippen LogP contribution in [-0.2, 0) is 10.0 Å². The van der Waals surface area contributed by atoms with Crippen LogP contribution in [0.2, 0.25) is 0 Å². The molecule has 68 valence electrons. The van der Waals surface area contributed by atoms with Gasteiger partial charge in [-0.1, -0.05) is 0 Å². The molecule has 0 saturated heterocycles. The maximum absolute atomic E-state index is 11.6. The van der Waals surface area contributed by atoms with Gasteiger partial charge in [0.1, 0.15) is 6.33 Å². The Hall–Kier alpha value is -0.840. The Morgan fingerprint density at radius 2 is 1.92 bits per heavy atom. The van der Waals surface area contributed by atoms with E-state index in [4.69, 9.17) is 0 Å². The molecule has 5 heteroatoms. The van der Waals surface area contributed by atoms with E-state index in [1.807, 2.05) is 0 Å². The van der Waals surface area contributed by atoms with Crippen molar-refractivity contribution in [3.8, 4) is 0 Å². The summed E-state index contributed by atoms with van der Waals surface area (Å²) in [6, 6.07) is 0. The predicted octanol–water partition coefficient (Wildman–Crippen LogP) is 0.860. The van der Waals surface area contributed by atoms with Crippen LogP contribution >= 0.6 is 0 Å². The fourth-order valence-electron chi connectivity index (χ4n) is 0.705. The van der Waals surface area contributed by atoms with E-state index in [0.29, 0.717) is 0 Å². The summed E-state index contributed by atoms with van der Waals surface area (Å²) in [5.74, 6) is 0. The molecule has 0 unspecified atom stereocenters. The van der Waals surface area contributed by atoms with Crippen molar-refractivity contribution in [3.63, 3.8) is 0 Å². The van der Waals surface area contributed by atoms with Crippen molar-refractivity contribution in [2.75, 3.05) is 0 Å². The molecule has 12 heavy (non-hydrogen) atoms. The highest BCUT2D eigenvalue weighted by Crippen LogP contribution is 2.17. The third kappa shape index (κ3) is 1.36. The Bertz CT molecular complexity index is 345. The lowest BCUT2D eigenvalue weighted by Gasteiger charge is -2.18. The average molecular weight is 188 g/mol. The Labute approximate surface area is 72.3 Å². The second-order valence-electron chi connectivity index (χ2n) is 3.51. The van der Waals surface area contributed by atoms with Gasteiger partial charge in [-0.15, -0.1) is 0 Å². The summed E-state index contributed by atoms with van der Waals surface area (Å²) in [4.78, 5) is 3.69. The topological polar surface area (TPSA) is 52.0 Å². The molecule has 1 rings (SSSR count). The smallest absolute Gasteiger partial charge is 0.244 e. The fourth-order valence-corrected chi connectivity index (χ4v) is 1.73. The number of hydrogen-bond donors (Lipinski definition) is 0. The average Bonchev–Trinajstić information content (AvgIpc) is 2.34. The molecule has 4 nitrogen and oxygen atoms in total. The van der Waals surface area contributed by atoms with Crippen molar-refractivity contribution in [2.45, 2.75) is 25.5 Å². The fraction of sp³-hybridized carbons (Fsp3) is 0.571.